The summed E-state index contributed by atoms with van der Waals surface area (Å²) < 4.78 is 108. The second-order valence-electron chi connectivity index (χ2n) is 8.50. The van der Waals surface area contributed by atoms with Gasteiger partial charge >= 0.3 is 0 Å². The third-order valence-electron chi connectivity index (χ3n) is 5.94. The molecule has 0 unspecified atom stereocenters. The van der Waals surface area contributed by atoms with E-state index in [1.807, 2.05) is 0 Å². The molecule has 2 aliphatic rings. The van der Waals surface area contributed by atoms with Gasteiger partial charge in [0.1, 0.15) is 49.3 Å². The lowest BCUT2D eigenvalue weighted by molar-refractivity contribution is -0.389. The highest BCUT2D eigenvalue weighted by Gasteiger charge is 2.61. The van der Waals surface area contributed by atoms with Gasteiger partial charge in [0, 0.05) is 42.7 Å². The molecule has 2 heterocycles. The fourth-order valence-corrected chi connectivity index (χ4v) is 5.25. The summed E-state index contributed by atoms with van der Waals surface area (Å²) in [4.78, 5) is 0. The molecule has 2 aliphatic heterocycles. The summed E-state index contributed by atoms with van der Waals surface area (Å²) >= 11 is 0. The van der Waals surface area contributed by atoms with E-state index in [-0.39, 0.29) is 13.2 Å². The van der Waals surface area contributed by atoms with Crippen LogP contribution in [0, 0.1) is 0 Å². The van der Waals surface area contributed by atoms with Gasteiger partial charge in [-0.25, -0.2) is 0 Å². The van der Waals surface area contributed by atoms with Crippen molar-refractivity contribution >= 4 is 20.2 Å². The van der Waals surface area contributed by atoms with Crippen molar-refractivity contribution in [2.75, 3.05) is 75.0 Å². The molecule has 0 bridgehead atoms. The second-order valence-corrected chi connectivity index (χ2v) is 11.8. The summed E-state index contributed by atoms with van der Waals surface area (Å²) in [5.41, 5.74) is 0. The Hall–Kier alpha value is -0.540. The van der Waals surface area contributed by atoms with Gasteiger partial charge in [0.25, 0.3) is 20.2 Å². The number of methoxy groups -OCH3 is 6. The summed E-state index contributed by atoms with van der Waals surface area (Å²) in [5, 5.41) is 0. The van der Waals surface area contributed by atoms with Crippen molar-refractivity contribution in [3.63, 3.8) is 0 Å². The lowest BCUT2D eigenvalue weighted by Gasteiger charge is -2.47. The average Bonchev–Trinajstić information content (AvgIpc) is 3.11. The van der Waals surface area contributed by atoms with Crippen LogP contribution in [-0.4, -0.2) is 147 Å². The molecule has 0 saturated carbocycles. The third-order valence-corrected chi connectivity index (χ3v) is 7.07. The fraction of sp³-hybridized carbons (Fsp3) is 1.00. The number of hydrogen-bond acceptors (Lipinski definition) is 15. The van der Waals surface area contributed by atoms with Crippen molar-refractivity contribution in [1.29, 1.82) is 0 Å². The molecule has 0 aromatic rings. The van der Waals surface area contributed by atoms with Gasteiger partial charge in [-0.05, 0) is 0 Å². The van der Waals surface area contributed by atoms with Crippen LogP contribution in [0.3, 0.4) is 0 Å². The second kappa shape index (κ2) is 13.7. The van der Waals surface area contributed by atoms with Crippen molar-refractivity contribution in [2.24, 2.45) is 0 Å². The smallest absolute Gasteiger partial charge is 0.264 e. The fourth-order valence-electron chi connectivity index (χ4n) is 4.49. The minimum absolute atomic E-state index is 0.201. The van der Waals surface area contributed by atoms with Gasteiger partial charge in [0.15, 0.2) is 6.29 Å². The van der Waals surface area contributed by atoms with Gasteiger partial charge < -0.3 is 42.6 Å². The molecular formula is C20H38O15S2. The molecule has 2 saturated heterocycles. The molecule has 220 valence electrons. The Morgan fingerprint density at radius 3 is 1.62 bits per heavy atom. The summed E-state index contributed by atoms with van der Waals surface area (Å²) in [5.74, 6) is -1.70. The van der Waals surface area contributed by atoms with E-state index in [9.17, 15) is 16.8 Å². The van der Waals surface area contributed by atoms with E-state index in [1.54, 1.807) is 0 Å². The van der Waals surface area contributed by atoms with Crippen LogP contribution in [0.25, 0.3) is 0 Å². The first-order valence-corrected chi connectivity index (χ1v) is 14.8. The minimum Gasteiger partial charge on any atom is -0.379 e. The highest BCUT2D eigenvalue weighted by molar-refractivity contribution is 7.86. The first-order chi connectivity index (χ1) is 17.3. The van der Waals surface area contributed by atoms with Crippen LogP contribution in [0.15, 0.2) is 0 Å². The van der Waals surface area contributed by atoms with Crippen molar-refractivity contribution in [1.82, 2.24) is 0 Å². The van der Waals surface area contributed by atoms with Gasteiger partial charge in [-0.3, -0.25) is 8.37 Å². The first kappa shape index (κ1) is 32.7. The summed E-state index contributed by atoms with van der Waals surface area (Å²) in [7, 11) is 0.842. The Bertz CT molecular complexity index is 913. The van der Waals surface area contributed by atoms with Gasteiger partial charge in [-0.2, -0.15) is 16.8 Å². The molecule has 2 rings (SSSR count). The van der Waals surface area contributed by atoms with Crippen LogP contribution < -0.4 is 0 Å². The normalized spacial score (nSPS) is 37.2. The van der Waals surface area contributed by atoms with E-state index < -0.39 is 81.6 Å². The van der Waals surface area contributed by atoms with E-state index >= 15 is 0 Å². The topological polar surface area (TPSA) is 170 Å². The number of hydrogen-bond donors (Lipinski definition) is 0. The lowest BCUT2D eigenvalue weighted by Crippen LogP contribution is -2.64. The van der Waals surface area contributed by atoms with Gasteiger partial charge in [-0.1, -0.05) is 0 Å². The van der Waals surface area contributed by atoms with Crippen LogP contribution >= 0.6 is 0 Å². The Balaban J connectivity index is 2.43. The third kappa shape index (κ3) is 8.23. The zero-order chi connectivity index (χ0) is 28.0. The number of rotatable bonds is 15. The minimum atomic E-state index is -3.80. The zero-order valence-electron chi connectivity index (χ0n) is 22.2. The Labute approximate surface area is 218 Å². The van der Waals surface area contributed by atoms with E-state index in [2.05, 4.69) is 0 Å². The molecule has 37 heavy (non-hydrogen) atoms. The number of ether oxygens (including phenoxy) is 9. The zero-order valence-corrected chi connectivity index (χ0v) is 23.8. The predicted molar refractivity (Wildman–Crippen MR) is 125 cm³/mol. The molecule has 0 amide bonds. The summed E-state index contributed by atoms with van der Waals surface area (Å²) in [6.45, 7) is -0.986. The molecule has 0 aromatic heterocycles. The monoisotopic (exact) mass is 582 g/mol. The van der Waals surface area contributed by atoms with E-state index in [1.165, 1.54) is 42.7 Å². The van der Waals surface area contributed by atoms with Crippen molar-refractivity contribution < 1.29 is 67.8 Å². The van der Waals surface area contributed by atoms with Gasteiger partial charge in [-0.15, -0.1) is 0 Å². The van der Waals surface area contributed by atoms with Crippen molar-refractivity contribution in [3.8, 4) is 0 Å². The average molecular weight is 583 g/mol. The SMILES string of the molecule is COC[C@@]1(O[C@H]2O[C@H](COS(C)(=O)=O)[C@@H](OC)[C@H](OC)[C@H]2OC)O[C@H](COS(C)(=O)=O)[C@@H](OC)[C@@H]1OC. The van der Waals surface area contributed by atoms with Gasteiger partial charge in [0.05, 0.1) is 25.7 Å². The van der Waals surface area contributed by atoms with E-state index in [0.717, 1.165) is 12.5 Å². The first-order valence-electron chi connectivity index (χ1n) is 11.1. The van der Waals surface area contributed by atoms with E-state index in [0.29, 0.717) is 0 Å². The van der Waals surface area contributed by atoms with Crippen LogP contribution in [0.1, 0.15) is 0 Å². The largest absolute Gasteiger partial charge is 0.379 e. The van der Waals surface area contributed by atoms with Gasteiger partial charge in [0.2, 0.25) is 5.79 Å². The Morgan fingerprint density at radius 1 is 0.676 bits per heavy atom. The molecule has 9 atom stereocenters. The van der Waals surface area contributed by atoms with Crippen molar-refractivity contribution in [2.45, 2.75) is 54.8 Å². The highest BCUT2D eigenvalue weighted by atomic mass is 32.2. The maximum Gasteiger partial charge on any atom is 0.264 e. The lowest BCUT2D eigenvalue weighted by atomic mass is 9.98. The molecule has 0 spiro atoms. The van der Waals surface area contributed by atoms with Crippen molar-refractivity contribution in [3.05, 3.63) is 0 Å². The summed E-state index contributed by atoms with van der Waals surface area (Å²) in [6.07, 6.45) is -5.59. The van der Waals surface area contributed by atoms with Crippen LogP contribution in [0.2, 0.25) is 0 Å². The molecule has 15 nitrogen and oxygen atoms in total. The predicted octanol–water partition coefficient (Wildman–Crippen LogP) is -1.50. The standard InChI is InChI=1S/C20H38O15S2/c1-25-11-20(18(30-6)15(27-3)13(34-20)10-32-37(8,23)24)35-19-17(29-5)16(28-4)14(26-2)12(33-19)9-31-36(7,21)22/h12-19H,9-11H2,1-8H3/t12-,13-,14-,15-,16+,17-,18+,19-,20+/m1/s1. The maximum absolute atomic E-state index is 11.6. The van der Waals surface area contributed by atoms with Crippen LogP contribution in [0.4, 0.5) is 0 Å². The molecular weight excluding hydrogens is 544 g/mol. The molecule has 0 aliphatic carbocycles. The molecule has 17 heteroatoms. The highest BCUT2D eigenvalue weighted by Crippen LogP contribution is 2.40. The van der Waals surface area contributed by atoms with E-state index in [4.69, 9.17) is 51.0 Å². The molecule has 0 radical (unpaired) electrons. The summed E-state index contributed by atoms with van der Waals surface area (Å²) in [6, 6.07) is 0. The molecule has 0 aromatic carbocycles. The molecule has 2 fully saturated rings. The molecule has 0 N–H and O–H groups in total. The maximum atomic E-state index is 11.6. The quantitative estimate of drug-likeness (QED) is 0.204. The van der Waals surface area contributed by atoms with Crippen LogP contribution in [-0.2, 0) is 71.2 Å². The Morgan fingerprint density at radius 2 is 1.19 bits per heavy atom. The van der Waals surface area contributed by atoms with Crippen LogP contribution in [0.5, 0.6) is 0 Å². The Kier molecular flexibility index (Phi) is 12.1.